The number of anilines is 1. The molecule has 0 atom stereocenters. The van der Waals surface area contributed by atoms with Gasteiger partial charge < -0.3 is 9.88 Å². The zero-order valence-electron chi connectivity index (χ0n) is 14.1. The van der Waals surface area contributed by atoms with Crippen molar-refractivity contribution >= 4 is 33.1 Å². The highest BCUT2D eigenvalue weighted by molar-refractivity contribution is 7.16. The number of rotatable bonds is 3. The van der Waals surface area contributed by atoms with Crippen molar-refractivity contribution in [2.24, 2.45) is 0 Å². The summed E-state index contributed by atoms with van der Waals surface area (Å²) in [4.78, 5) is 25.8. The lowest BCUT2D eigenvalue weighted by Gasteiger charge is -2.10. The predicted molar refractivity (Wildman–Crippen MR) is 103 cm³/mol. The molecule has 2 aromatic heterocycles. The molecule has 0 radical (unpaired) electrons. The van der Waals surface area contributed by atoms with Gasteiger partial charge in [-0.25, -0.2) is 0 Å². The van der Waals surface area contributed by atoms with Crippen LogP contribution in [0, 0.1) is 11.3 Å². The van der Waals surface area contributed by atoms with Gasteiger partial charge in [-0.05, 0) is 43.4 Å². The number of aromatic nitrogens is 1. The molecule has 1 aliphatic rings. The second-order valence-corrected chi connectivity index (χ2v) is 7.51. The molecule has 0 fully saturated rings. The monoisotopic (exact) mass is 363 g/mol. The molecule has 1 amide bonds. The first kappa shape index (κ1) is 16.6. The van der Waals surface area contributed by atoms with Gasteiger partial charge in [0.2, 0.25) is 5.91 Å². The van der Waals surface area contributed by atoms with Gasteiger partial charge in [0, 0.05) is 22.5 Å². The number of nitriles is 1. The average Bonchev–Trinajstić information content (AvgIpc) is 3.01. The lowest BCUT2D eigenvalue weighted by molar-refractivity contribution is -0.116. The van der Waals surface area contributed by atoms with Crippen LogP contribution < -0.4 is 10.7 Å². The van der Waals surface area contributed by atoms with Crippen LogP contribution in [-0.4, -0.2) is 10.5 Å². The molecule has 130 valence electrons. The van der Waals surface area contributed by atoms with E-state index in [2.05, 4.69) is 11.4 Å². The number of nitrogens with zero attached hydrogens (tertiary/aromatic N) is 2. The van der Waals surface area contributed by atoms with Crippen LogP contribution in [0.25, 0.3) is 10.9 Å². The summed E-state index contributed by atoms with van der Waals surface area (Å²) in [5.74, 6) is -0.200. The number of carbonyl (C=O) groups is 1. The summed E-state index contributed by atoms with van der Waals surface area (Å²) in [6, 6.07) is 11.0. The van der Waals surface area contributed by atoms with Crippen molar-refractivity contribution in [1.29, 1.82) is 5.26 Å². The number of para-hydroxylation sites is 1. The van der Waals surface area contributed by atoms with Crippen molar-refractivity contribution in [3.05, 3.63) is 62.8 Å². The third-order valence-electron chi connectivity index (χ3n) is 4.73. The topological polar surface area (TPSA) is 74.9 Å². The normalized spacial score (nSPS) is 13.2. The summed E-state index contributed by atoms with van der Waals surface area (Å²) >= 11 is 1.52. The summed E-state index contributed by atoms with van der Waals surface area (Å²) in [5, 5.41) is 13.6. The minimum atomic E-state index is -0.200. The van der Waals surface area contributed by atoms with E-state index in [-0.39, 0.29) is 17.9 Å². The first-order valence-electron chi connectivity index (χ1n) is 8.60. The van der Waals surface area contributed by atoms with Gasteiger partial charge in [-0.15, -0.1) is 11.3 Å². The molecule has 0 spiro atoms. The summed E-state index contributed by atoms with van der Waals surface area (Å²) in [7, 11) is 0. The van der Waals surface area contributed by atoms with Gasteiger partial charge in [-0.3, -0.25) is 9.59 Å². The fraction of sp³-hybridized carbons (Fsp3) is 0.250. The Kier molecular flexibility index (Phi) is 4.31. The quantitative estimate of drug-likeness (QED) is 0.774. The number of thiophene rings is 1. The van der Waals surface area contributed by atoms with E-state index in [0.29, 0.717) is 16.0 Å². The third-order valence-corrected chi connectivity index (χ3v) is 5.94. The van der Waals surface area contributed by atoms with Crippen molar-refractivity contribution in [2.75, 3.05) is 5.32 Å². The number of hydrogen-bond acceptors (Lipinski definition) is 4. The van der Waals surface area contributed by atoms with Crippen molar-refractivity contribution in [1.82, 2.24) is 4.57 Å². The molecule has 0 aliphatic heterocycles. The molecule has 2 heterocycles. The fourth-order valence-electron chi connectivity index (χ4n) is 3.49. The lowest BCUT2D eigenvalue weighted by atomic mass is 9.96. The summed E-state index contributed by atoms with van der Waals surface area (Å²) in [6.45, 7) is 0.0915. The SMILES string of the molecule is N#Cc1c(NC(=O)Cn2ccc(=O)c3ccccc32)sc2c1CCCC2. The van der Waals surface area contributed by atoms with E-state index >= 15 is 0 Å². The standard InChI is InChI=1S/C20H17N3O2S/c21-11-15-13-5-2-4-8-18(13)26-20(15)22-19(25)12-23-10-9-17(24)14-6-1-3-7-16(14)23/h1,3,6-7,9-10H,2,4-5,8,12H2,(H,22,25). The second-order valence-electron chi connectivity index (χ2n) is 6.40. The largest absolute Gasteiger partial charge is 0.338 e. The van der Waals surface area contributed by atoms with Crippen LogP contribution in [0.2, 0.25) is 0 Å². The van der Waals surface area contributed by atoms with Crippen LogP contribution in [0.4, 0.5) is 5.00 Å². The van der Waals surface area contributed by atoms with E-state index in [1.54, 1.807) is 16.8 Å². The number of benzene rings is 1. The van der Waals surface area contributed by atoms with Crippen molar-refractivity contribution < 1.29 is 4.79 Å². The zero-order valence-corrected chi connectivity index (χ0v) is 14.9. The Morgan fingerprint density at radius 2 is 2.04 bits per heavy atom. The van der Waals surface area contributed by atoms with Gasteiger partial charge in [-0.1, -0.05) is 12.1 Å². The molecule has 0 saturated carbocycles. The Labute approximate surface area is 154 Å². The molecular formula is C20H17N3O2S. The Balaban J connectivity index is 1.61. The molecule has 0 unspecified atom stereocenters. The van der Waals surface area contributed by atoms with E-state index in [1.165, 1.54) is 22.3 Å². The number of aryl methyl sites for hydroxylation is 1. The van der Waals surface area contributed by atoms with Gasteiger partial charge in [0.05, 0.1) is 11.1 Å². The highest BCUT2D eigenvalue weighted by Crippen LogP contribution is 2.37. The maximum absolute atomic E-state index is 12.6. The summed E-state index contributed by atoms with van der Waals surface area (Å²) in [5.41, 5.74) is 2.38. The van der Waals surface area contributed by atoms with Gasteiger partial charge in [-0.2, -0.15) is 5.26 Å². The van der Waals surface area contributed by atoms with Gasteiger partial charge >= 0.3 is 0 Å². The van der Waals surface area contributed by atoms with Gasteiger partial charge in [0.1, 0.15) is 17.6 Å². The molecule has 0 saturated heterocycles. The lowest BCUT2D eigenvalue weighted by Crippen LogP contribution is -2.20. The number of carbonyl (C=O) groups excluding carboxylic acids is 1. The highest BCUT2D eigenvalue weighted by atomic mass is 32.1. The number of pyridine rings is 1. The molecule has 26 heavy (non-hydrogen) atoms. The van der Waals surface area contributed by atoms with E-state index < -0.39 is 0 Å². The van der Waals surface area contributed by atoms with Crippen molar-refractivity contribution in [2.45, 2.75) is 32.2 Å². The maximum atomic E-state index is 12.6. The highest BCUT2D eigenvalue weighted by Gasteiger charge is 2.21. The number of nitrogens with one attached hydrogen (secondary N) is 1. The average molecular weight is 363 g/mol. The van der Waals surface area contributed by atoms with Crippen molar-refractivity contribution in [3.63, 3.8) is 0 Å². The van der Waals surface area contributed by atoms with Crippen LogP contribution in [0.15, 0.2) is 41.3 Å². The smallest absolute Gasteiger partial charge is 0.244 e. The molecule has 0 bridgehead atoms. The van der Waals surface area contributed by atoms with Crippen LogP contribution in [0.3, 0.4) is 0 Å². The minimum Gasteiger partial charge on any atom is -0.338 e. The van der Waals surface area contributed by atoms with E-state index in [0.717, 1.165) is 36.8 Å². The number of amides is 1. The minimum absolute atomic E-state index is 0.0602. The zero-order chi connectivity index (χ0) is 18.1. The predicted octanol–water partition coefficient (Wildman–Crippen LogP) is 3.45. The second kappa shape index (κ2) is 6.77. The van der Waals surface area contributed by atoms with Crippen molar-refractivity contribution in [3.8, 4) is 6.07 Å². The fourth-order valence-corrected chi connectivity index (χ4v) is 4.75. The van der Waals surface area contributed by atoms with E-state index in [4.69, 9.17) is 0 Å². The van der Waals surface area contributed by atoms with Gasteiger partial charge in [0.25, 0.3) is 0 Å². The Hall–Kier alpha value is -2.91. The third kappa shape index (κ3) is 2.91. The van der Waals surface area contributed by atoms with Crippen LogP contribution in [0.1, 0.15) is 28.8 Å². The van der Waals surface area contributed by atoms with Crippen LogP contribution in [0.5, 0.6) is 0 Å². The molecule has 1 aromatic carbocycles. The molecule has 4 rings (SSSR count). The van der Waals surface area contributed by atoms with Crippen LogP contribution >= 0.6 is 11.3 Å². The molecule has 1 aliphatic carbocycles. The molecule has 3 aromatic rings. The molecule has 1 N–H and O–H groups in total. The van der Waals surface area contributed by atoms with Gasteiger partial charge in [0.15, 0.2) is 5.43 Å². The first-order valence-corrected chi connectivity index (χ1v) is 9.41. The number of fused-ring (bicyclic) bond motifs is 2. The Morgan fingerprint density at radius 3 is 2.88 bits per heavy atom. The summed E-state index contributed by atoms with van der Waals surface area (Å²) in [6.07, 6.45) is 5.75. The molecular weight excluding hydrogens is 346 g/mol. The number of hydrogen-bond donors (Lipinski definition) is 1. The first-order chi connectivity index (χ1) is 12.7. The van der Waals surface area contributed by atoms with E-state index in [9.17, 15) is 14.9 Å². The Morgan fingerprint density at radius 1 is 1.23 bits per heavy atom. The molecule has 6 heteroatoms. The Bertz CT molecular complexity index is 1100. The summed E-state index contributed by atoms with van der Waals surface area (Å²) < 4.78 is 1.76. The molecule has 5 nitrogen and oxygen atoms in total. The van der Waals surface area contributed by atoms with Crippen LogP contribution in [-0.2, 0) is 24.2 Å². The van der Waals surface area contributed by atoms with E-state index in [1.807, 2.05) is 18.2 Å². The maximum Gasteiger partial charge on any atom is 0.244 e.